The van der Waals surface area contributed by atoms with E-state index in [1.54, 1.807) is 39.2 Å². The van der Waals surface area contributed by atoms with Crippen molar-refractivity contribution in [3.8, 4) is 11.5 Å². The molecule has 0 N–H and O–H groups in total. The second-order valence-corrected chi connectivity index (χ2v) is 7.53. The number of rotatable bonds is 8. The number of ether oxygens (including phenoxy) is 4. The summed E-state index contributed by atoms with van der Waals surface area (Å²) in [6.07, 6.45) is 3.06. The monoisotopic (exact) mass is 410 g/mol. The molecule has 0 unspecified atom stereocenters. The van der Waals surface area contributed by atoms with Gasteiger partial charge >= 0.3 is 11.9 Å². The highest BCUT2D eigenvalue weighted by molar-refractivity contribution is 5.87. The van der Waals surface area contributed by atoms with Gasteiger partial charge in [-0.3, -0.25) is 4.79 Å². The van der Waals surface area contributed by atoms with E-state index < -0.39 is 11.6 Å². The second kappa shape index (κ2) is 9.13. The highest BCUT2D eigenvalue weighted by atomic mass is 16.6. The minimum Gasteiger partial charge on any atom is -0.496 e. The molecular weight excluding hydrogens is 384 g/mol. The van der Waals surface area contributed by atoms with Gasteiger partial charge < -0.3 is 18.9 Å². The molecule has 1 heterocycles. The number of esters is 2. The number of benzene rings is 2. The number of hydrogen-bond acceptors (Lipinski definition) is 6. The van der Waals surface area contributed by atoms with Crippen LogP contribution in [0.1, 0.15) is 30.5 Å². The van der Waals surface area contributed by atoms with Gasteiger partial charge in [-0.1, -0.05) is 44.2 Å². The molecule has 2 aromatic carbocycles. The summed E-state index contributed by atoms with van der Waals surface area (Å²) >= 11 is 0. The van der Waals surface area contributed by atoms with Gasteiger partial charge in [-0.2, -0.15) is 0 Å². The van der Waals surface area contributed by atoms with Crippen LogP contribution in [-0.4, -0.2) is 32.3 Å². The maximum absolute atomic E-state index is 12.2. The van der Waals surface area contributed by atoms with Crippen molar-refractivity contribution in [2.75, 3.05) is 20.3 Å². The van der Waals surface area contributed by atoms with Crippen LogP contribution in [0.2, 0.25) is 0 Å². The van der Waals surface area contributed by atoms with E-state index in [1.165, 1.54) is 6.08 Å². The second-order valence-electron chi connectivity index (χ2n) is 7.53. The molecule has 0 saturated carbocycles. The highest BCUT2D eigenvalue weighted by Gasteiger charge is 2.50. The summed E-state index contributed by atoms with van der Waals surface area (Å²) < 4.78 is 22.1. The molecule has 1 aliphatic rings. The molecular formula is C24H26O6. The van der Waals surface area contributed by atoms with Crippen LogP contribution in [-0.2, 0) is 24.7 Å². The first-order valence-electron chi connectivity index (χ1n) is 9.79. The number of methoxy groups -OCH3 is 1. The molecule has 0 radical (unpaired) electrons. The van der Waals surface area contributed by atoms with Crippen molar-refractivity contribution < 1.29 is 28.5 Å². The molecule has 30 heavy (non-hydrogen) atoms. The predicted octanol–water partition coefficient (Wildman–Crippen LogP) is 4.05. The van der Waals surface area contributed by atoms with Crippen molar-refractivity contribution in [1.29, 1.82) is 0 Å². The lowest BCUT2D eigenvalue weighted by Gasteiger charge is -2.19. The molecule has 158 valence electrons. The first-order valence-corrected chi connectivity index (χ1v) is 9.79. The van der Waals surface area contributed by atoms with E-state index in [0.29, 0.717) is 23.7 Å². The van der Waals surface area contributed by atoms with E-state index in [0.717, 1.165) is 11.1 Å². The highest BCUT2D eigenvalue weighted by Crippen LogP contribution is 2.46. The van der Waals surface area contributed by atoms with E-state index in [1.807, 2.05) is 37.3 Å². The lowest BCUT2D eigenvalue weighted by Crippen LogP contribution is -2.23. The van der Waals surface area contributed by atoms with Gasteiger partial charge in [0.1, 0.15) is 18.1 Å². The predicted molar refractivity (Wildman–Crippen MR) is 112 cm³/mol. The van der Waals surface area contributed by atoms with Gasteiger partial charge in [-0.15, -0.1) is 0 Å². The maximum Gasteiger partial charge on any atom is 0.330 e. The fraction of sp³-hybridized carbons (Fsp3) is 0.333. The van der Waals surface area contributed by atoms with E-state index in [9.17, 15) is 9.59 Å². The summed E-state index contributed by atoms with van der Waals surface area (Å²) in [5, 5.41) is 0. The Morgan fingerprint density at radius 1 is 1.17 bits per heavy atom. The topological polar surface area (TPSA) is 74.4 Å². The Morgan fingerprint density at radius 3 is 2.47 bits per heavy atom. The minimum atomic E-state index is -0.857. The van der Waals surface area contributed by atoms with Gasteiger partial charge in [0.2, 0.25) is 0 Å². The molecule has 0 spiro atoms. The van der Waals surface area contributed by atoms with Crippen LogP contribution in [0.4, 0.5) is 0 Å². The smallest absolute Gasteiger partial charge is 0.330 e. The quantitative estimate of drug-likeness (QED) is 0.283. The van der Waals surface area contributed by atoms with Crippen LogP contribution in [0.3, 0.4) is 0 Å². The third-order valence-corrected chi connectivity index (χ3v) is 4.82. The zero-order chi connectivity index (χ0) is 21.7. The largest absolute Gasteiger partial charge is 0.496 e. The van der Waals surface area contributed by atoms with Gasteiger partial charge in [0.15, 0.2) is 5.60 Å². The Kier molecular flexibility index (Phi) is 6.57. The van der Waals surface area contributed by atoms with Crippen molar-refractivity contribution in [2.24, 2.45) is 5.92 Å². The molecule has 1 saturated heterocycles. The first-order chi connectivity index (χ1) is 14.3. The fourth-order valence-electron chi connectivity index (χ4n) is 2.92. The molecule has 0 amide bonds. The molecule has 0 bridgehead atoms. The van der Waals surface area contributed by atoms with Gasteiger partial charge in [0, 0.05) is 11.6 Å². The van der Waals surface area contributed by atoms with Crippen LogP contribution in [0.5, 0.6) is 11.5 Å². The van der Waals surface area contributed by atoms with Crippen molar-refractivity contribution in [1.82, 2.24) is 0 Å². The summed E-state index contributed by atoms with van der Waals surface area (Å²) in [6, 6.07) is 13.0. The minimum absolute atomic E-state index is 0.00338. The van der Waals surface area contributed by atoms with Gasteiger partial charge in [-0.05, 0) is 36.3 Å². The van der Waals surface area contributed by atoms with Crippen LogP contribution < -0.4 is 9.47 Å². The molecule has 3 rings (SSSR count). The summed E-state index contributed by atoms with van der Waals surface area (Å²) in [6.45, 7) is 5.75. The maximum atomic E-state index is 12.2. The van der Waals surface area contributed by atoms with Crippen LogP contribution >= 0.6 is 0 Å². The fourth-order valence-corrected chi connectivity index (χ4v) is 2.92. The lowest BCUT2D eigenvalue weighted by molar-refractivity contribution is -0.140. The van der Waals surface area contributed by atoms with Gasteiger partial charge in [-0.25, -0.2) is 4.79 Å². The molecule has 0 aromatic heterocycles. The molecule has 6 nitrogen and oxygen atoms in total. The van der Waals surface area contributed by atoms with Crippen molar-refractivity contribution in [3.63, 3.8) is 0 Å². The van der Waals surface area contributed by atoms with Crippen LogP contribution in [0, 0.1) is 12.8 Å². The number of carbonyl (C=O) groups excluding carboxylic acids is 2. The molecule has 0 aliphatic carbocycles. The summed E-state index contributed by atoms with van der Waals surface area (Å²) in [5.74, 6) is -0.0786. The standard InChI is InChI=1S/C24H26O6/c1-16(2)23(26)30-21-12-17(3)20(27-4)13-19(21)24(15-29-24)14-28-22(25)11-10-18-8-6-5-7-9-18/h5-13,16H,14-15H2,1-4H3/b11-10+/t24-/m1/s1. The Bertz CT molecular complexity index is 942. The summed E-state index contributed by atoms with van der Waals surface area (Å²) in [5.41, 5.74) is 1.49. The van der Waals surface area contributed by atoms with E-state index in [2.05, 4.69) is 0 Å². The van der Waals surface area contributed by atoms with Gasteiger partial charge in [0.05, 0.1) is 19.6 Å². The lowest BCUT2D eigenvalue weighted by atomic mass is 9.97. The average Bonchev–Trinajstić information content (AvgIpc) is 3.52. The molecule has 1 fully saturated rings. The average molecular weight is 410 g/mol. The Balaban J connectivity index is 1.77. The SMILES string of the molecule is COc1cc([C@@]2(COC(=O)/C=C/c3ccccc3)CO2)c(OC(=O)C(C)C)cc1C. The molecule has 6 heteroatoms. The first kappa shape index (κ1) is 21.6. The van der Waals surface area contributed by atoms with Crippen molar-refractivity contribution in [2.45, 2.75) is 26.4 Å². The molecule has 1 aliphatic heterocycles. The normalized spacial score (nSPS) is 17.8. The Labute approximate surface area is 176 Å². The zero-order valence-electron chi connectivity index (χ0n) is 17.6. The number of hydrogen-bond donors (Lipinski definition) is 0. The summed E-state index contributed by atoms with van der Waals surface area (Å²) in [7, 11) is 1.57. The third-order valence-electron chi connectivity index (χ3n) is 4.82. The number of epoxide rings is 1. The molecule has 1 atom stereocenters. The number of carbonyl (C=O) groups is 2. The van der Waals surface area contributed by atoms with Gasteiger partial charge in [0.25, 0.3) is 0 Å². The van der Waals surface area contributed by atoms with E-state index >= 15 is 0 Å². The molecule has 2 aromatic rings. The van der Waals surface area contributed by atoms with Crippen molar-refractivity contribution >= 4 is 18.0 Å². The third kappa shape index (κ3) is 5.07. The zero-order valence-corrected chi connectivity index (χ0v) is 17.6. The Hall–Kier alpha value is -3.12. The van der Waals surface area contributed by atoms with Crippen molar-refractivity contribution in [3.05, 3.63) is 65.2 Å². The summed E-state index contributed by atoms with van der Waals surface area (Å²) in [4.78, 5) is 24.4. The Morgan fingerprint density at radius 2 is 1.87 bits per heavy atom. The van der Waals surface area contributed by atoms with Crippen LogP contribution in [0.25, 0.3) is 6.08 Å². The van der Waals surface area contributed by atoms with E-state index in [4.69, 9.17) is 18.9 Å². The van der Waals surface area contributed by atoms with E-state index in [-0.39, 0.29) is 18.5 Å². The van der Waals surface area contributed by atoms with Crippen LogP contribution in [0.15, 0.2) is 48.5 Å². The number of aryl methyl sites for hydroxylation is 1.